The number of fused-ring (bicyclic) bond motifs is 1. The van der Waals surface area contributed by atoms with Gasteiger partial charge in [0.25, 0.3) is 0 Å². The zero-order valence-corrected chi connectivity index (χ0v) is 15.0. The van der Waals surface area contributed by atoms with Crippen molar-refractivity contribution >= 4 is 46.0 Å². The minimum absolute atomic E-state index is 0.212. The summed E-state index contributed by atoms with van der Waals surface area (Å²) in [5.41, 5.74) is 1.17. The van der Waals surface area contributed by atoms with Crippen molar-refractivity contribution in [2.75, 3.05) is 36.0 Å². The molecule has 2 aliphatic heterocycles. The molecule has 8 heteroatoms. The second kappa shape index (κ2) is 6.84. The predicted molar refractivity (Wildman–Crippen MR) is 97.3 cm³/mol. The maximum absolute atomic E-state index is 6.46. The lowest BCUT2D eigenvalue weighted by atomic mass is 10.1. The van der Waals surface area contributed by atoms with Crippen LogP contribution in [0.25, 0.3) is 11.2 Å². The molecule has 0 aliphatic carbocycles. The molecule has 0 unspecified atom stereocenters. The van der Waals surface area contributed by atoms with E-state index in [2.05, 4.69) is 29.7 Å². The van der Waals surface area contributed by atoms with E-state index in [1.807, 2.05) is 0 Å². The molecule has 2 saturated heterocycles. The Kier molecular flexibility index (Phi) is 4.59. The first-order chi connectivity index (χ1) is 11.7. The maximum atomic E-state index is 6.46. The highest BCUT2D eigenvalue weighted by atomic mass is 35.5. The topological polar surface area (TPSA) is 58.0 Å². The lowest BCUT2D eigenvalue weighted by Crippen LogP contribution is -2.32. The second-order valence-electron chi connectivity index (χ2n) is 6.42. The third-order valence-corrected chi connectivity index (χ3v) is 5.16. The Labute approximate surface area is 151 Å². The monoisotopic (exact) mass is 366 g/mol. The number of rotatable bonds is 2. The van der Waals surface area contributed by atoms with Gasteiger partial charge >= 0.3 is 0 Å². The Morgan fingerprint density at radius 1 is 0.625 bits per heavy atom. The summed E-state index contributed by atoms with van der Waals surface area (Å²) in [7, 11) is 0. The quantitative estimate of drug-likeness (QED) is 0.755. The Bertz CT molecular complexity index is 741. The molecule has 4 rings (SSSR count). The molecule has 2 aromatic rings. The summed E-state index contributed by atoms with van der Waals surface area (Å²) in [5.74, 6) is 1.47. The fraction of sp³-hybridized carbons (Fsp3) is 0.625. The smallest absolute Gasteiger partial charge is 0.226 e. The molecule has 0 bridgehead atoms. The van der Waals surface area contributed by atoms with Gasteiger partial charge in [-0.25, -0.2) is 9.97 Å². The largest absolute Gasteiger partial charge is 0.355 e. The van der Waals surface area contributed by atoms with Crippen LogP contribution in [-0.2, 0) is 0 Å². The number of anilines is 2. The van der Waals surface area contributed by atoms with Gasteiger partial charge < -0.3 is 9.80 Å². The van der Waals surface area contributed by atoms with Gasteiger partial charge in [-0.15, -0.1) is 0 Å². The Morgan fingerprint density at radius 2 is 1.21 bits per heavy atom. The van der Waals surface area contributed by atoms with Crippen LogP contribution in [0.4, 0.5) is 11.6 Å². The molecule has 6 nitrogen and oxygen atoms in total. The number of aromatic nitrogens is 4. The lowest BCUT2D eigenvalue weighted by molar-refractivity contribution is 0.572. The fourth-order valence-corrected chi connectivity index (χ4v) is 3.92. The van der Waals surface area contributed by atoms with E-state index in [1.165, 1.54) is 12.8 Å². The van der Waals surface area contributed by atoms with Crippen LogP contribution in [0.2, 0.25) is 10.4 Å². The molecule has 2 aliphatic rings. The second-order valence-corrected chi connectivity index (χ2v) is 7.12. The molecule has 0 atom stereocenters. The highest BCUT2D eigenvalue weighted by molar-refractivity contribution is 6.32. The van der Waals surface area contributed by atoms with Gasteiger partial charge in [-0.05, 0) is 50.1 Å². The molecule has 0 N–H and O–H groups in total. The van der Waals surface area contributed by atoms with Crippen molar-refractivity contribution in [3.63, 3.8) is 0 Å². The minimum atomic E-state index is 0.212. The molecule has 2 aromatic heterocycles. The Morgan fingerprint density at radius 3 is 1.83 bits per heavy atom. The number of hydrogen-bond donors (Lipinski definition) is 0. The van der Waals surface area contributed by atoms with Gasteiger partial charge in [-0.2, -0.15) is 9.97 Å². The Balaban J connectivity index is 1.79. The molecule has 2 fully saturated rings. The van der Waals surface area contributed by atoms with Gasteiger partial charge in [-0.1, -0.05) is 11.6 Å². The molecule has 0 spiro atoms. The average molecular weight is 367 g/mol. The van der Waals surface area contributed by atoms with Crippen LogP contribution in [0.15, 0.2) is 0 Å². The van der Waals surface area contributed by atoms with Gasteiger partial charge in [0.15, 0.2) is 28.0 Å². The summed E-state index contributed by atoms with van der Waals surface area (Å²) in [6.07, 6.45) is 7.10. The van der Waals surface area contributed by atoms with E-state index in [9.17, 15) is 0 Å². The van der Waals surface area contributed by atoms with Crippen LogP contribution in [0, 0.1) is 0 Å². The van der Waals surface area contributed by atoms with Gasteiger partial charge in [0, 0.05) is 26.2 Å². The van der Waals surface area contributed by atoms with E-state index in [-0.39, 0.29) is 5.28 Å². The summed E-state index contributed by atoms with van der Waals surface area (Å²) in [4.78, 5) is 22.4. The molecule has 128 valence electrons. The summed E-state index contributed by atoms with van der Waals surface area (Å²) >= 11 is 12.6. The van der Waals surface area contributed by atoms with Crippen molar-refractivity contribution in [1.82, 2.24) is 19.9 Å². The number of hydrogen-bond acceptors (Lipinski definition) is 6. The van der Waals surface area contributed by atoms with E-state index in [0.29, 0.717) is 22.1 Å². The molecule has 0 aromatic carbocycles. The van der Waals surface area contributed by atoms with E-state index in [0.717, 1.165) is 57.7 Å². The standard InChI is InChI=1S/C16H20Cl2N6/c17-12-15(24-9-5-2-6-10-24)20-13-11(19-12)14(22-16(18)21-13)23-7-3-1-4-8-23/h1-10H2. The lowest BCUT2D eigenvalue weighted by Gasteiger charge is -2.29. The molecule has 0 radical (unpaired) electrons. The zero-order chi connectivity index (χ0) is 16.5. The first kappa shape index (κ1) is 16.1. The van der Waals surface area contributed by atoms with E-state index in [4.69, 9.17) is 23.2 Å². The number of nitrogens with zero attached hydrogens (tertiary/aromatic N) is 6. The Hall–Kier alpha value is -1.40. The van der Waals surface area contributed by atoms with E-state index >= 15 is 0 Å². The summed E-state index contributed by atoms with van der Waals surface area (Å²) < 4.78 is 0. The van der Waals surface area contributed by atoms with Gasteiger partial charge in [0.1, 0.15) is 0 Å². The van der Waals surface area contributed by atoms with Crippen LogP contribution in [0.3, 0.4) is 0 Å². The number of piperidine rings is 2. The third-order valence-electron chi connectivity index (χ3n) is 4.74. The summed E-state index contributed by atoms with van der Waals surface area (Å²) in [5, 5.41) is 0.637. The highest BCUT2D eigenvalue weighted by Crippen LogP contribution is 2.31. The normalized spacial score (nSPS) is 19.1. The van der Waals surface area contributed by atoms with Gasteiger partial charge in [0.2, 0.25) is 5.28 Å². The molecule has 4 heterocycles. The van der Waals surface area contributed by atoms with Crippen molar-refractivity contribution in [2.45, 2.75) is 38.5 Å². The first-order valence-corrected chi connectivity index (χ1v) is 9.38. The predicted octanol–water partition coefficient (Wildman–Crippen LogP) is 3.71. The van der Waals surface area contributed by atoms with Crippen molar-refractivity contribution in [3.05, 3.63) is 10.4 Å². The van der Waals surface area contributed by atoms with Crippen molar-refractivity contribution in [1.29, 1.82) is 0 Å². The van der Waals surface area contributed by atoms with Gasteiger partial charge in [-0.3, -0.25) is 0 Å². The summed E-state index contributed by atoms with van der Waals surface area (Å²) in [6, 6.07) is 0. The zero-order valence-electron chi connectivity index (χ0n) is 13.5. The third kappa shape index (κ3) is 3.09. The molecule has 0 amide bonds. The number of halogens is 2. The van der Waals surface area contributed by atoms with E-state index in [1.54, 1.807) is 0 Å². The van der Waals surface area contributed by atoms with Crippen LogP contribution >= 0.6 is 23.2 Å². The summed E-state index contributed by atoms with van der Waals surface area (Å²) in [6.45, 7) is 3.82. The van der Waals surface area contributed by atoms with Crippen LogP contribution in [0.1, 0.15) is 38.5 Å². The van der Waals surface area contributed by atoms with Crippen LogP contribution < -0.4 is 9.80 Å². The first-order valence-electron chi connectivity index (χ1n) is 8.63. The maximum Gasteiger partial charge on any atom is 0.226 e. The molecule has 0 saturated carbocycles. The average Bonchev–Trinajstić information content (AvgIpc) is 2.62. The molecule has 24 heavy (non-hydrogen) atoms. The fourth-order valence-electron chi connectivity index (χ4n) is 3.51. The van der Waals surface area contributed by atoms with Crippen LogP contribution in [-0.4, -0.2) is 46.1 Å². The molecular formula is C16H20Cl2N6. The van der Waals surface area contributed by atoms with Crippen LogP contribution in [0.5, 0.6) is 0 Å². The van der Waals surface area contributed by atoms with Crippen molar-refractivity contribution in [3.8, 4) is 0 Å². The van der Waals surface area contributed by atoms with Gasteiger partial charge in [0.05, 0.1) is 0 Å². The highest BCUT2D eigenvalue weighted by Gasteiger charge is 2.22. The molecular weight excluding hydrogens is 347 g/mol. The van der Waals surface area contributed by atoms with Crippen molar-refractivity contribution < 1.29 is 0 Å². The van der Waals surface area contributed by atoms with Crippen molar-refractivity contribution in [2.24, 2.45) is 0 Å². The SMILES string of the molecule is Clc1nc(N2CCCCC2)c2nc(Cl)c(N3CCCCC3)nc2n1. The minimum Gasteiger partial charge on any atom is -0.355 e. The van der Waals surface area contributed by atoms with E-state index < -0.39 is 0 Å².